The van der Waals surface area contributed by atoms with Gasteiger partial charge in [-0.2, -0.15) is 0 Å². The lowest BCUT2D eigenvalue weighted by Gasteiger charge is -2.43. The first-order valence-electron chi connectivity index (χ1n) is 14.6. The highest BCUT2D eigenvalue weighted by Crippen LogP contribution is 2.42. The fourth-order valence-electron chi connectivity index (χ4n) is 5.22. The minimum Gasteiger partial charge on any atom is -0.453 e. The van der Waals surface area contributed by atoms with Crippen LogP contribution in [0, 0.1) is 5.92 Å². The molecule has 43 heavy (non-hydrogen) atoms. The number of ether oxygens (including phenoxy) is 3. The second-order valence-corrected chi connectivity index (χ2v) is 11.2. The monoisotopic (exact) mass is 590 g/mol. The first-order chi connectivity index (χ1) is 20.6. The van der Waals surface area contributed by atoms with E-state index in [4.69, 9.17) is 14.2 Å². The molecular formula is C34H42N2O7. The van der Waals surface area contributed by atoms with Crippen LogP contribution < -0.4 is 5.32 Å². The van der Waals surface area contributed by atoms with E-state index in [9.17, 15) is 19.8 Å². The van der Waals surface area contributed by atoms with Gasteiger partial charge in [0, 0.05) is 36.7 Å². The number of anilines is 1. The Morgan fingerprint density at radius 3 is 2.19 bits per heavy atom. The molecule has 3 aromatic rings. The largest absolute Gasteiger partial charge is 0.453 e. The number of hydrogen-bond donors (Lipinski definition) is 3. The van der Waals surface area contributed by atoms with Gasteiger partial charge in [0.1, 0.15) is 0 Å². The summed E-state index contributed by atoms with van der Waals surface area (Å²) in [7, 11) is 1.98. The van der Waals surface area contributed by atoms with Gasteiger partial charge in [-0.3, -0.25) is 14.5 Å². The molecule has 0 unspecified atom stereocenters. The van der Waals surface area contributed by atoms with E-state index in [1.54, 1.807) is 12.1 Å². The highest BCUT2D eigenvalue weighted by Gasteiger charge is 2.39. The first-order valence-corrected chi connectivity index (χ1v) is 14.6. The summed E-state index contributed by atoms with van der Waals surface area (Å²) in [6, 6.07) is 24.4. The molecule has 1 aliphatic rings. The van der Waals surface area contributed by atoms with Crippen molar-refractivity contribution in [2.45, 2.75) is 71.0 Å². The fourth-order valence-corrected chi connectivity index (χ4v) is 5.22. The van der Waals surface area contributed by atoms with Crippen LogP contribution in [0.3, 0.4) is 0 Å². The smallest absolute Gasteiger partial charge is 0.303 e. The molecule has 1 heterocycles. The van der Waals surface area contributed by atoms with Crippen molar-refractivity contribution in [3.05, 3.63) is 101 Å². The molecular weight excluding hydrogens is 548 g/mol. The Morgan fingerprint density at radius 1 is 0.953 bits per heavy atom. The highest BCUT2D eigenvalue weighted by molar-refractivity contribution is 5.94. The van der Waals surface area contributed by atoms with Crippen molar-refractivity contribution in [1.82, 2.24) is 4.90 Å². The molecule has 0 aromatic heterocycles. The molecule has 9 nitrogen and oxygen atoms in total. The lowest BCUT2D eigenvalue weighted by atomic mass is 9.89. The number of aliphatic hydroxyl groups is 2. The Morgan fingerprint density at radius 2 is 1.58 bits per heavy atom. The maximum Gasteiger partial charge on any atom is 0.303 e. The molecule has 230 valence electrons. The van der Waals surface area contributed by atoms with Crippen LogP contribution in [0.5, 0.6) is 0 Å². The number of nitrogens with zero attached hydrogens (tertiary/aromatic N) is 1. The maximum absolute atomic E-state index is 12.4. The molecule has 0 saturated carbocycles. The second-order valence-electron chi connectivity index (χ2n) is 11.2. The topological polar surface area (TPSA) is 118 Å². The van der Waals surface area contributed by atoms with Crippen molar-refractivity contribution in [3.63, 3.8) is 0 Å². The summed E-state index contributed by atoms with van der Waals surface area (Å²) in [6.45, 7) is 7.39. The Balaban J connectivity index is 1.53. The third-order valence-electron chi connectivity index (χ3n) is 8.05. The summed E-state index contributed by atoms with van der Waals surface area (Å²) >= 11 is 0. The number of rotatable bonds is 11. The predicted octanol–water partition coefficient (Wildman–Crippen LogP) is 4.91. The highest BCUT2D eigenvalue weighted by atomic mass is 16.7. The molecule has 3 N–H and O–H groups in total. The molecule has 4 rings (SSSR count). The van der Waals surface area contributed by atoms with Crippen LogP contribution in [0.2, 0.25) is 0 Å². The fraction of sp³-hybridized carbons (Fsp3) is 0.412. The number of hydrogen-bond acceptors (Lipinski definition) is 8. The van der Waals surface area contributed by atoms with E-state index in [0.29, 0.717) is 12.2 Å². The van der Waals surface area contributed by atoms with Crippen molar-refractivity contribution in [2.75, 3.05) is 18.9 Å². The number of carbonyl (C=O) groups is 2. The van der Waals surface area contributed by atoms with Crippen molar-refractivity contribution < 1.29 is 34.0 Å². The Kier molecular flexibility index (Phi) is 11.1. The van der Waals surface area contributed by atoms with Crippen LogP contribution in [0.25, 0.3) is 0 Å². The first kappa shape index (κ1) is 32.3. The minimum absolute atomic E-state index is 0.0268. The van der Waals surface area contributed by atoms with Gasteiger partial charge >= 0.3 is 5.97 Å². The van der Waals surface area contributed by atoms with Crippen LogP contribution in [0.1, 0.15) is 68.4 Å². The van der Waals surface area contributed by atoms with Crippen LogP contribution in [0.4, 0.5) is 5.69 Å². The quantitative estimate of drug-likeness (QED) is 0.270. The lowest BCUT2D eigenvalue weighted by Crippen LogP contribution is -2.46. The van der Waals surface area contributed by atoms with Gasteiger partial charge in [-0.15, -0.1) is 0 Å². The van der Waals surface area contributed by atoms with Crippen molar-refractivity contribution in [2.24, 2.45) is 5.92 Å². The molecule has 9 heteroatoms. The van der Waals surface area contributed by atoms with Gasteiger partial charge in [0.2, 0.25) is 0 Å². The normalized spacial score (nSPS) is 22.4. The van der Waals surface area contributed by atoms with Crippen molar-refractivity contribution >= 4 is 17.6 Å². The van der Waals surface area contributed by atoms with E-state index in [1.165, 1.54) is 13.8 Å². The molecule has 0 spiro atoms. The van der Waals surface area contributed by atoms with Crippen LogP contribution in [0.15, 0.2) is 78.9 Å². The van der Waals surface area contributed by atoms with Gasteiger partial charge in [-0.25, -0.2) is 0 Å². The van der Waals surface area contributed by atoms with E-state index < -0.39 is 30.4 Å². The zero-order chi connectivity index (χ0) is 31.1. The van der Waals surface area contributed by atoms with Gasteiger partial charge in [0.25, 0.3) is 5.91 Å². The molecule has 3 aromatic carbocycles. The molecule has 1 aliphatic heterocycles. The summed E-state index contributed by atoms with van der Waals surface area (Å²) in [5.74, 6) is -0.979. The number of aliphatic hydroxyl groups excluding tert-OH is 2. The van der Waals surface area contributed by atoms with Gasteiger partial charge in [0.15, 0.2) is 12.4 Å². The lowest BCUT2D eigenvalue weighted by molar-refractivity contribution is -0.276. The maximum atomic E-state index is 12.4. The van der Waals surface area contributed by atoms with Gasteiger partial charge in [0.05, 0.1) is 24.9 Å². The van der Waals surface area contributed by atoms with Crippen LogP contribution in [-0.2, 0) is 30.4 Å². The van der Waals surface area contributed by atoms with Crippen LogP contribution in [-0.4, -0.2) is 58.8 Å². The molecule has 1 fully saturated rings. The Hall–Kier alpha value is -3.60. The SMILES string of the molecule is CC(=O)O[C@@H](C)C(=O)Nc1ccc([C@@H]2O[C@H](CN(C)[C@@H](C)[C@H](O)c3ccccc3)[C@H](C)[C@H](c3ccc(CO)cc3)O2)cc1. The molecule has 0 radical (unpaired) electrons. The Bertz CT molecular complexity index is 1330. The van der Waals surface area contributed by atoms with E-state index in [-0.39, 0.29) is 30.8 Å². The number of nitrogens with one attached hydrogen (secondary N) is 1. The average molecular weight is 591 g/mol. The molecule has 1 amide bonds. The van der Waals surface area contributed by atoms with E-state index in [2.05, 4.69) is 17.1 Å². The zero-order valence-corrected chi connectivity index (χ0v) is 25.3. The number of likely N-dealkylation sites (N-methyl/N-ethyl adjacent to an activating group) is 1. The Labute approximate surface area is 253 Å². The average Bonchev–Trinajstić information content (AvgIpc) is 3.01. The summed E-state index contributed by atoms with van der Waals surface area (Å²) in [4.78, 5) is 25.7. The molecule has 0 bridgehead atoms. The third kappa shape index (κ3) is 8.28. The van der Waals surface area contributed by atoms with E-state index in [1.807, 2.05) is 80.7 Å². The third-order valence-corrected chi connectivity index (χ3v) is 8.05. The van der Waals surface area contributed by atoms with Crippen molar-refractivity contribution in [1.29, 1.82) is 0 Å². The second kappa shape index (κ2) is 14.7. The van der Waals surface area contributed by atoms with E-state index >= 15 is 0 Å². The zero-order valence-electron chi connectivity index (χ0n) is 25.3. The number of esters is 1. The molecule has 0 aliphatic carbocycles. The summed E-state index contributed by atoms with van der Waals surface area (Å²) in [6.07, 6.45) is -2.78. The standard InChI is InChI=1S/C34H42N2O7/c1-21-30(19-36(5)22(2)31(39)26-9-7-6-8-10-26)42-34(43-32(21)27-13-11-25(20-37)12-14-27)28-15-17-29(18-16-28)35-33(40)23(3)41-24(4)38/h6-18,21-23,30-32,34,37,39H,19-20H2,1-5H3,(H,35,40)/t21-,22-,23-,30+,31-,32+,34+/m0/s1. The van der Waals surface area contributed by atoms with Gasteiger partial charge in [-0.05, 0) is 49.7 Å². The van der Waals surface area contributed by atoms with Gasteiger partial charge < -0.3 is 29.7 Å². The summed E-state index contributed by atoms with van der Waals surface area (Å²) in [5.41, 5.74) is 3.98. The number of benzene rings is 3. The summed E-state index contributed by atoms with van der Waals surface area (Å²) in [5, 5.41) is 23.3. The van der Waals surface area contributed by atoms with Crippen molar-refractivity contribution in [3.8, 4) is 0 Å². The number of carbonyl (C=O) groups excluding carboxylic acids is 2. The predicted molar refractivity (Wildman–Crippen MR) is 163 cm³/mol. The molecule has 1 saturated heterocycles. The summed E-state index contributed by atoms with van der Waals surface area (Å²) < 4.78 is 18.1. The van der Waals surface area contributed by atoms with E-state index in [0.717, 1.165) is 22.3 Å². The van der Waals surface area contributed by atoms with Crippen LogP contribution >= 0.6 is 0 Å². The molecule has 7 atom stereocenters. The minimum atomic E-state index is -0.915. The number of amides is 1. The van der Waals surface area contributed by atoms with Gasteiger partial charge in [-0.1, -0.05) is 73.7 Å².